The molecule has 0 saturated heterocycles. The van der Waals surface area contributed by atoms with E-state index in [4.69, 9.17) is 9.47 Å². The minimum Gasteiger partial charge on any atom is -0.481 e. The lowest BCUT2D eigenvalue weighted by Crippen LogP contribution is -2.42. The molecule has 1 atom stereocenters. The molecule has 176 valence electrons. The maximum atomic E-state index is 13.3. The van der Waals surface area contributed by atoms with Crippen molar-refractivity contribution < 1.29 is 19.4 Å². The summed E-state index contributed by atoms with van der Waals surface area (Å²) < 4.78 is 12.2. The number of aliphatic hydroxyl groups is 1. The van der Waals surface area contributed by atoms with Crippen LogP contribution in [0.15, 0.2) is 35.4 Å². The number of hydrogen-bond acceptors (Lipinski definition) is 9. The lowest BCUT2D eigenvalue weighted by atomic mass is 10.1. The zero-order valence-electron chi connectivity index (χ0n) is 18.9. The van der Waals surface area contributed by atoms with Gasteiger partial charge in [-0.3, -0.25) is 14.2 Å². The number of amides is 1. The Morgan fingerprint density at radius 2 is 2.00 bits per heavy atom. The third-order valence-electron chi connectivity index (χ3n) is 4.95. The molecule has 0 fully saturated rings. The van der Waals surface area contributed by atoms with E-state index in [0.29, 0.717) is 30.3 Å². The Hall–Kier alpha value is -3.57. The van der Waals surface area contributed by atoms with Gasteiger partial charge >= 0.3 is 0 Å². The highest BCUT2D eigenvalue weighted by Crippen LogP contribution is 2.23. The van der Waals surface area contributed by atoms with Crippen LogP contribution in [0.5, 0.6) is 5.88 Å². The standard InChI is InChI=1S/C22H28N6O5/c1-4-8-33-9-7-28-17-10-15(14-5-6-18(32-3)24-11-14)12-25-19(17)27-20(22(28)31)26-16(13-29)21(30)23-2/h5-6,10-12,16,29H,4,7-9,13H2,1-3H3,(H,23,30)(H,25,26,27)/t16-/m0/s1. The molecule has 11 heteroatoms. The van der Waals surface area contributed by atoms with E-state index in [1.807, 2.05) is 19.1 Å². The average Bonchev–Trinajstić information content (AvgIpc) is 2.85. The van der Waals surface area contributed by atoms with Crippen molar-refractivity contribution in [2.75, 3.05) is 39.3 Å². The summed E-state index contributed by atoms with van der Waals surface area (Å²) in [6.07, 6.45) is 4.15. The number of ether oxygens (including phenoxy) is 2. The van der Waals surface area contributed by atoms with Crippen LogP contribution in [0.1, 0.15) is 13.3 Å². The molecule has 3 N–H and O–H groups in total. The summed E-state index contributed by atoms with van der Waals surface area (Å²) >= 11 is 0. The molecule has 0 radical (unpaired) electrons. The minimum absolute atomic E-state index is 0.0768. The van der Waals surface area contributed by atoms with Crippen LogP contribution in [0, 0.1) is 0 Å². The third-order valence-corrected chi connectivity index (χ3v) is 4.95. The molecule has 0 saturated carbocycles. The average molecular weight is 457 g/mol. The predicted octanol–water partition coefficient (Wildman–Crippen LogP) is 0.808. The number of aliphatic hydroxyl groups excluding tert-OH is 1. The van der Waals surface area contributed by atoms with Crippen molar-refractivity contribution in [3.8, 4) is 17.0 Å². The van der Waals surface area contributed by atoms with Gasteiger partial charge < -0.3 is 25.2 Å². The monoisotopic (exact) mass is 456 g/mol. The second kappa shape index (κ2) is 11.3. The van der Waals surface area contributed by atoms with Gasteiger partial charge in [-0.05, 0) is 18.6 Å². The first kappa shape index (κ1) is 24.1. The van der Waals surface area contributed by atoms with Crippen LogP contribution in [-0.2, 0) is 16.1 Å². The molecule has 0 aliphatic heterocycles. The van der Waals surface area contributed by atoms with E-state index in [1.165, 1.54) is 11.6 Å². The maximum Gasteiger partial charge on any atom is 0.293 e. The quantitative estimate of drug-likeness (QED) is 0.357. The summed E-state index contributed by atoms with van der Waals surface area (Å²) in [5.41, 5.74) is 1.93. The molecule has 0 bridgehead atoms. The number of carbonyl (C=O) groups excluding carboxylic acids is 1. The SMILES string of the molecule is CCCOCCn1c(=O)c(N[C@@H](CO)C(=O)NC)nc2ncc(-c3ccc(OC)nc3)cc21. The van der Waals surface area contributed by atoms with Crippen LogP contribution < -0.4 is 20.9 Å². The Morgan fingerprint density at radius 1 is 1.21 bits per heavy atom. The molecule has 3 heterocycles. The molecule has 3 aromatic heterocycles. The zero-order chi connectivity index (χ0) is 23.8. The summed E-state index contributed by atoms with van der Waals surface area (Å²) in [5, 5.41) is 14.7. The molecule has 0 spiro atoms. The van der Waals surface area contributed by atoms with Gasteiger partial charge in [0.05, 0.1) is 25.8 Å². The van der Waals surface area contributed by atoms with Crippen LogP contribution in [0.3, 0.4) is 0 Å². The van der Waals surface area contributed by atoms with Crippen molar-refractivity contribution in [2.45, 2.75) is 25.9 Å². The number of hydrogen-bond donors (Lipinski definition) is 3. The minimum atomic E-state index is -1.03. The lowest BCUT2D eigenvalue weighted by Gasteiger charge is -2.17. The Kier molecular flexibility index (Phi) is 8.28. The maximum absolute atomic E-state index is 13.3. The smallest absolute Gasteiger partial charge is 0.293 e. The van der Waals surface area contributed by atoms with Crippen molar-refractivity contribution in [1.82, 2.24) is 24.8 Å². The largest absolute Gasteiger partial charge is 0.481 e. The fourth-order valence-corrected chi connectivity index (χ4v) is 3.20. The number of fused-ring (bicyclic) bond motifs is 1. The van der Waals surface area contributed by atoms with Crippen LogP contribution in [0.4, 0.5) is 5.82 Å². The van der Waals surface area contributed by atoms with Crippen LogP contribution >= 0.6 is 0 Å². The van der Waals surface area contributed by atoms with Gasteiger partial charge in [-0.25, -0.2) is 15.0 Å². The first-order chi connectivity index (χ1) is 16.0. The highest BCUT2D eigenvalue weighted by Gasteiger charge is 2.20. The van der Waals surface area contributed by atoms with Crippen LogP contribution in [0.25, 0.3) is 22.3 Å². The van der Waals surface area contributed by atoms with E-state index in [0.717, 1.165) is 17.5 Å². The molecule has 1 amide bonds. The summed E-state index contributed by atoms with van der Waals surface area (Å²) in [5.74, 6) is -0.0524. The summed E-state index contributed by atoms with van der Waals surface area (Å²) in [4.78, 5) is 38.2. The van der Waals surface area contributed by atoms with E-state index in [2.05, 4.69) is 25.6 Å². The molecule has 3 rings (SSSR count). The van der Waals surface area contributed by atoms with Gasteiger partial charge in [0, 0.05) is 49.8 Å². The molecule has 0 unspecified atom stereocenters. The molecule has 3 aromatic rings. The second-order valence-electron chi connectivity index (χ2n) is 7.18. The number of nitrogens with zero attached hydrogens (tertiary/aromatic N) is 4. The van der Waals surface area contributed by atoms with Gasteiger partial charge in [-0.2, -0.15) is 0 Å². The van der Waals surface area contributed by atoms with Crippen molar-refractivity contribution >= 4 is 22.9 Å². The van der Waals surface area contributed by atoms with Gasteiger partial charge in [-0.1, -0.05) is 6.92 Å². The Labute approximate surface area is 190 Å². The highest BCUT2D eigenvalue weighted by molar-refractivity contribution is 5.85. The number of likely N-dealkylation sites (N-methyl/N-ethyl adjacent to an activating group) is 1. The van der Waals surface area contributed by atoms with Crippen molar-refractivity contribution in [1.29, 1.82) is 0 Å². The van der Waals surface area contributed by atoms with Crippen molar-refractivity contribution in [3.63, 3.8) is 0 Å². The number of nitrogens with one attached hydrogen (secondary N) is 2. The summed E-state index contributed by atoms with van der Waals surface area (Å²) in [6.45, 7) is 2.66. The van der Waals surface area contributed by atoms with E-state index in [1.54, 1.807) is 25.6 Å². The third kappa shape index (κ3) is 5.62. The number of anilines is 1. The van der Waals surface area contributed by atoms with E-state index < -0.39 is 24.1 Å². The predicted molar refractivity (Wildman–Crippen MR) is 123 cm³/mol. The fraction of sp³-hybridized carbons (Fsp3) is 0.409. The van der Waals surface area contributed by atoms with Crippen molar-refractivity contribution in [2.24, 2.45) is 0 Å². The van der Waals surface area contributed by atoms with Crippen molar-refractivity contribution in [3.05, 3.63) is 40.9 Å². The van der Waals surface area contributed by atoms with Crippen LogP contribution in [-0.4, -0.2) is 70.6 Å². The second-order valence-corrected chi connectivity index (χ2v) is 7.18. The molecule has 33 heavy (non-hydrogen) atoms. The van der Waals surface area contributed by atoms with Gasteiger partial charge in [0.25, 0.3) is 5.56 Å². The number of aromatic nitrogens is 4. The van der Waals surface area contributed by atoms with E-state index >= 15 is 0 Å². The number of rotatable bonds is 11. The molecular weight excluding hydrogens is 428 g/mol. The molecule has 0 aliphatic carbocycles. The molecule has 0 aliphatic rings. The summed E-state index contributed by atoms with van der Waals surface area (Å²) in [7, 11) is 2.99. The zero-order valence-corrected chi connectivity index (χ0v) is 18.9. The topological polar surface area (TPSA) is 140 Å². The van der Waals surface area contributed by atoms with Gasteiger partial charge in [-0.15, -0.1) is 0 Å². The molecular formula is C22H28N6O5. The Morgan fingerprint density at radius 3 is 2.64 bits per heavy atom. The fourth-order valence-electron chi connectivity index (χ4n) is 3.20. The van der Waals surface area contributed by atoms with E-state index in [9.17, 15) is 14.7 Å². The Bertz CT molecular complexity index is 1150. The molecule has 0 aromatic carbocycles. The number of pyridine rings is 2. The lowest BCUT2D eigenvalue weighted by molar-refractivity contribution is -0.122. The van der Waals surface area contributed by atoms with Gasteiger partial charge in [0.2, 0.25) is 11.8 Å². The Balaban J connectivity index is 2.06. The van der Waals surface area contributed by atoms with Gasteiger partial charge in [0.1, 0.15) is 6.04 Å². The normalized spacial score (nSPS) is 11.9. The highest BCUT2D eigenvalue weighted by atomic mass is 16.5. The summed E-state index contributed by atoms with van der Waals surface area (Å²) in [6, 6.07) is 4.37. The number of carbonyl (C=O) groups is 1. The van der Waals surface area contributed by atoms with E-state index in [-0.39, 0.29) is 12.4 Å². The van der Waals surface area contributed by atoms with Crippen LogP contribution in [0.2, 0.25) is 0 Å². The van der Waals surface area contributed by atoms with Gasteiger partial charge in [0.15, 0.2) is 11.5 Å². The first-order valence-corrected chi connectivity index (χ1v) is 10.6. The number of methoxy groups -OCH3 is 1. The molecule has 11 nitrogen and oxygen atoms in total. The first-order valence-electron chi connectivity index (χ1n) is 10.6.